The van der Waals surface area contributed by atoms with E-state index in [4.69, 9.17) is 10.5 Å². The molecule has 1 aliphatic rings. The van der Waals surface area contributed by atoms with Crippen molar-refractivity contribution in [3.05, 3.63) is 5.82 Å². The molecule has 18 heavy (non-hydrogen) atoms. The molecule has 1 aromatic rings. The molecule has 9 heteroatoms. The second-order valence-electron chi connectivity index (χ2n) is 4.14. The van der Waals surface area contributed by atoms with Gasteiger partial charge in [-0.1, -0.05) is 0 Å². The van der Waals surface area contributed by atoms with Gasteiger partial charge in [0.05, 0.1) is 5.54 Å². The Kier molecular flexibility index (Phi) is 3.74. The van der Waals surface area contributed by atoms with Crippen LogP contribution in [0.4, 0.5) is 18.3 Å². The fourth-order valence-corrected chi connectivity index (χ4v) is 2.47. The summed E-state index contributed by atoms with van der Waals surface area (Å²) in [4.78, 5) is 3.44. The van der Waals surface area contributed by atoms with Crippen molar-refractivity contribution in [2.75, 3.05) is 25.1 Å². The van der Waals surface area contributed by atoms with Gasteiger partial charge in [-0.05, 0) is 12.8 Å². The molecule has 0 aliphatic carbocycles. The summed E-state index contributed by atoms with van der Waals surface area (Å²) >= 11 is 0.695. The molecule has 0 spiro atoms. The van der Waals surface area contributed by atoms with Crippen molar-refractivity contribution < 1.29 is 17.9 Å². The molecule has 5 nitrogen and oxygen atoms in total. The van der Waals surface area contributed by atoms with Crippen LogP contribution in [0, 0.1) is 0 Å². The lowest BCUT2D eigenvalue weighted by Gasteiger charge is -2.36. The smallest absolute Gasteiger partial charge is 0.381 e. The van der Waals surface area contributed by atoms with Gasteiger partial charge in [0.1, 0.15) is 0 Å². The van der Waals surface area contributed by atoms with Gasteiger partial charge in [-0.2, -0.15) is 22.5 Å². The average Bonchev–Trinajstić information content (AvgIpc) is 2.78. The quantitative estimate of drug-likeness (QED) is 0.878. The van der Waals surface area contributed by atoms with Crippen LogP contribution in [0.1, 0.15) is 18.7 Å². The molecule has 0 unspecified atom stereocenters. The molecule has 1 fully saturated rings. The molecule has 3 N–H and O–H groups in total. The predicted octanol–water partition coefficient (Wildman–Crippen LogP) is 1.48. The normalized spacial score (nSPS) is 19.8. The van der Waals surface area contributed by atoms with Crippen molar-refractivity contribution in [3.8, 4) is 0 Å². The van der Waals surface area contributed by atoms with E-state index in [2.05, 4.69) is 14.7 Å². The number of alkyl halides is 3. The third kappa shape index (κ3) is 2.90. The summed E-state index contributed by atoms with van der Waals surface area (Å²) in [5.41, 5.74) is 5.25. The Morgan fingerprint density at radius 2 is 2.06 bits per heavy atom. The van der Waals surface area contributed by atoms with Crippen LogP contribution in [0.5, 0.6) is 0 Å². The molecule has 102 valence electrons. The second kappa shape index (κ2) is 4.98. The number of hydrogen-bond acceptors (Lipinski definition) is 6. The molecular weight excluding hydrogens is 269 g/mol. The SMILES string of the molecule is NCC1(Nc2nc(C(F)(F)F)ns2)CCOCC1. The maximum absolute atomic E-state index is 12.4. The lowest BCUT2D eigenvalue weighted by atomic mass is 9.90. The Hall–Kier alpha value is -0.930. The van der Waals surface area contributed by atoms with Crippen LogP contribution in [-0.4, -0.2) is 34.7 Å². The van der Waals surface area contributed by atoms with Gasteiger partial charge >= 0.3 is 6.18 Å². The molecule has 2 rings (SSSR count). The van der Waals surface area contributed by atoms with Gasteiger partial charge in [-0.3, -0.25) is 0 Å². The van der Waals surface area contributed by atoms with E-state index in [0.717, 1.165) is 0 Å². The number of nitrogens with two attached hydrogens (primary N) is 1. The summed E-state index contributed by atoms with van der Waals surface area (Å²) in [6.45, 7) is 1.39. The monoisotopic (exact) mass is 282 g/mol. The van der Waals surface area contributed by atoms with E-state index < -0.39 is 17.5 Å². The van der Waals surface area contributed by atoms with Crippen LogP contribution in [0.3, 0.4) is 0 Å². The van der Waals surface area contributed by atoms with E-state index in [1.165, 1.54) is 0 Å². The minimum absolute atomic E-state index is 0.148. The van der Waals surface area contributed by atoms with E-state index in [-0.39, 0.29) is 5.13 Å². The highest BCUT2D eigenvalue weighted by Gasteiger charge is 2.37. The van der Waals surface area contributed by atoms with Gasteiger partial charge in [-0.15, -0.1) is 0 Å². The van der Waals surface area contributed by atoms with Crippen molar-refractivity contribution in [1.29, 1.82) is 0 Å². The van der Waals surface area contributed by atoms with Crippen molar-refractivity contribution >= 4 is 16.7 Å². The standard InChI is InChI=1S/C9H13F3N4OS/c10-9(11,12)6-14-7(18-16-6)15-8(5-13)1-3-17-4-2-8/h1-5,13H2,(H,14,15,16). The Morgan fingerprint density at radius 1 is 1.39 bits per heavy atom. The van der Waals surface area contributed by atoms with Gasteiger partial charge in [0.2, 0.25) is 11.0 Å². The topological polar surface area (TPSA) is 73.1 Å². The van der Waals surface area contributed by atoms with Crippen LogP contribution in [0.25, 0.3) is 0 Å². The van der Waals surface area contributed by atoms with E-state index in [1.54, 1.807) is 0 Å². The molecule has 1 aliphatic heterocycles. The number of hydrogen-bond donors (Lipinski definition) is 2. The van der Waals surface area contributed by atoms with Gasteiger partial charge in [0.15, 0.2) is 0 Å². The molecule has 0 radical (unpaired) electrons. The number of aromatic nitrogens is 2. The zero-order valence-corrected chi connectivity index (χ0v) is 10.3. The maximum atomic E-state index is 12.4. The van der Waals surface area contributed by atoms with E-state index in [0.29, 0.717) is 44.1 Å². The zero-order valence-electron chi connectivity index (χ0n) is 9.46. The summed E-state index contributed by atoms with van der Waals surface area (Å²) in [5, 5.41) is 3.12. The number of nitrogens with one attached hydrogen (secondary N) is 1. The molecule has 0 atom stereocenters. The Labute approximate surface area is 106 Å². The van der Waals surface area contributed by atoms with Crippen LogP contribution >= 0.6 is 11.5 Å². The van der Waals surface area contributed by atoms with Crippen LogP contribution < -0.4 is 11.1 Å². The minimum Gasteiger partial charge on any atom is -0.381 e. The molecule has 1 aromatic heterocycles. The van der Waals surface area contributed by atoms with Gasteiger partial charge in [0, 0.05) is 31.3 Å². The van der Waals surface area contributed by atoms with Crippen molar-refractivity contribution in [2.45, 2.75) is 24.6 Å². The molecule has 0 saturated carbocycles. The first-order chi connectivity index (χ1) is 8.45. The predicted molar refractivity (Wildman–Crippen MR) is 60.4 cm³/mol. The van der Waals surface area contributed by atoms with Crippen LogP contribution in [-0.2, 0) is 10.9 Å². The number of nitrogens with zero attached hydrogens (tertiary/aromatic N) is 2. The van der Waals surface area contributed by atoms with Crippen molar-refractivity contribution in [1.82, 2.24) is 9.36 Å². The third-order valence-corrected chi connectivity index (χ3v) is 3.52. The van der Waals surface area contributed by atoms with E-state index in [1.807, 2.05) is 0 Å². The lowest BCUT2D eigenvalue weighted by Crippen LogP contribution is -2.49. The molecular formula is C9H13F3N4OS. The Balaban J connectivity index is 2.10. The number of anilines is 1. The summed E-state index contributed by atoms with van der Waals surface area (Å²) < 4.78 is 45.6. The van der Waals surface area contributed by atoms with Gasteiger partial charge in [-0.25, -0.2) is 0 Å². The summed E-state index contributed by atoms with van der Waals surface area (Å²) in [6.07, 6.45) is -3.23. The average molecular weight is 282 g/mol. The third-order valence-electron chi connectivity index (χ3n) is 2.89. The fourth-order valence-electron chi connectivity index (χ4n) is 1.76. The van der Waals surface area contributed by atoms with Crippen LogP contribution in [0.2, 0.25) is 0 Å². The summed E-state index contributed by atoms with van der Waals surface area (Å²) in [7, 11) is 0. The fraction of sp³-hybridized carbons (Fsp3) is 0.778. The number of ether oxygens (including phenoxy) is 1. The molecule has 0 aromatic carbocycles. The van der Waals surface area contributed by atoms with E-state index in [9.17, 15) is 13.2 Å². The highest BCUT2D eigenvalue weighted by Crippen LogP contribution is 2.31. The number of rotatable bonds is 3. The lowest BCUT2D eigenvalue weighted by molar-refractivity contribution is -0.144. The summed E-state index contributed by atoms with van der Waals surface area (Å²) in [5.74, 6) is -1.12. The van der Waals surface area contributed by atoms with Gasteiger partial charge < -0.3 is 15.8 Å². The Morgan fingerprint density at radius 3 is 2.56 bits per heavy atom. The highest BCUT2D eigenvalue weighted by molar-refractivity contribution is 7.09. The molecule has 0 amide bonds. The second-order valence-corrected chi connectivity index (χ2v) is 4.89. The Bertz CT molecular complexity index is 403. The van der Waals surface area contributed by atoms with Crippen LogP contribution in [0.15, 0.2) is 0 Å². The zero-order chi connectivity index (χ0) is 13.2. The van der Waals surface area contributed by atoms with Crippen molar-refractivity contribution in [3.63, 3.8) is 0 Å². The summed E-state index contributed by atoms with van der Waals surface area (Å²) in [6, 6.07) is 0. The van der Waals surface area contributed by atoms with E-state index >= 15 is 0 Å². The highest BCUT2D eigenvalue weighted by atomic mass is 32.1. The first kappa shape index (κ1) is 13.5. The number of halogens is 3. The molecule has 1 saturated heterocycles. The largest absolute Gasteiger partial charge is 0.452 e. The molecule has 0 bridgehead atoms. The first-order valence-corrected chi connectivity index (χ1v) is 6.19. The minimum atomic E-state index is -4.51. The maximum Gasteiger partial charge on any atom is 0.452 e. The first-order valence-electron chi connectivity index (χ1n) is 5.42. The van der Waals surface area contributed by atoms with Crippen molar-refractivity contribution in [2.24, 2.45) is 5.73 Å². The molecule has 2 heterocycles. The van der Waals surface area contributed by atoms with Gasteiger partial charge in [0.25, 0.3) is 0 Å².